The van der Waals surface area contributed by atoms with Gasteiger partial charge in [0.2, 0.25) is 0 Å². The van der Waals surface area contributed by atoms with Crippen molar-refractivity contribution in [3.05, 3.63) is 29.3 Å². The third-order valence-electron chi connectivity index (χ3n) is 1.75. The average Bonchev–Trinajstić information content (AvgIpc) is 2.24. The van der Waals surface area contributed by atoms with Crippen LogP contribution in [0.1, 0.15) is 25.0 Å². The Kier molecular flexibility index (Phi) is 3.73. The Morgan fingerprint density at radius 2 is 2.00 bits per heavy atom. The molecule has 0 spiro atoms. The van der Waals surface area contributed by atoms with Gasteiger partial charge in [-0.3, -0.25) is 0 Å². The first kappa shape index (κ1) is 13.0. The summed E-state index contributed by atoms with van der Waals surface area (Å²) in [4.78, 5) is 4.86. The van der Waals surface area contributed by atoms with Gasteiger partial charge >= 0.3 is 6.18 Å². The normalized spacial score (nSPS) is 10.6. The SMILES string of the molecule is CC(C)=NOc1ccc(C(F)(F)F)cc1C#N. The van der Waals surface area contributed by atoms with Gasteiger partial charge in [-0.2, -0.15) is 18.4 Å². The van der Waals surface area contributed by atoms with Crippen molar-refractivity contribution < 1.29 is 18.0 Å². The van der Waals surface area contributed by atoms with E-state index in [1.165, 1.54) is 0 Å². The van der Waals surface area contributed by atoms with Gasteiger partial charge in [0.25, 0.3) is 0 Å². The summed E-state index contributed by atoms with van der Waals surface area (Å²) in [6.45, 7) is 3.33. The van der Waals surface area contributed by atoms with Gasteiger partial charge in [-0.25, -0.2) is 0 Å². The summed E-state index contributed by atoms with van der Waals surface area (Å²) in [5.41, 5.74) is -0.503. The van der Waals surface area contributed by atoms with E-state index in [1.54, 1.807) is 19.9 Å². The molecule has 0 bridgehead atoms. The van der Waals surface area contributed by atoms with Crippen LogP contribution in [0.15, 0.2) is 23.4 Å². The zero-order valence-electron chi connectivity index (χ0n) is 9.17. The number of benzene rings is 1. The highest BCUT2D eigenvalue weighted by Gasteiger charge is 2.31. The molecule has 1 aromatic carbocycles. The lowest BCUT2D eigenvalue weighted by atomic mass is 10.1. The van der Waals surface area contributed by atoms with Crippen LogP contribution in [0.5, 0.6) is 5.75 Å². The molecular weight excluding hydrogens is 233 g/mol. The summed E-state index contributed by atoms with van der Waals surface area (Å²) in [7, 11) is 0. The molecule has 0 saturated carbocycles. The molecule has 0 radical (unpaired) electrons. The van der Waals surface area contributed by atoms with E-state index in [2.05, 4.69) is 5.16 Å². The Hall–Kier alpha value is -2.03. The minimum Gasteiger partial charge on any atom is -0.356 e. The number of alkyl halides is 3. The Labute approximate surface area is 96.1 Å². The Morgan fingerprint density at radius 3 is 2.47 bits per heavy atom. The van der Waals surface area contributed by atoms with Gasteiger partial charge in [0.15, 0.2) is 5.75 Å². The van der Waals surface area contributed by atoms with Crippen LogP contribution in [-0.4, -0.2) is 5.71 Å². The van der Waals surface area contributed by atoms with Gasteiger partial charge in [-0.15, -0.1) is 0 Å². The number of hydrogen-bond acceptors (Lipinski definition) is 3. The van der Waals surface area contributed by atoms with Gasteiger partial charge in [-0.05, 0) is 32.0 Å². The first-order valence-corrected chi connectivity index (χ1v) is 4.64. The molecular formula is C11H9F3N2O. The summed E-state index contributed by atoms with van der Waals surface area (Å²) in [5, 5.41) is 12.3. The fourth-order valence-electron chi connectivity index (χ4n) is 1.01. The van der Waals surface area contributed by atoms with Crippen molar-refractivity contribution in [1.29, 1.82) is 5.26 Å². The van der Waals surface area contributed by atoms with Gasteiger partial charge < -0.3 is 4.84 Å². The van der Waals surface area contributed by atoms with E-state index in [1.807, 2.05) is 0 Å². The monoisotopic (exact) mass is 242 g/mol. The van der Waals surface area contributed by atoms with Crippen molar-refractivity contribution >= 4 is 5.71 Å². The van der Waals surface area contributed by atoms with E-state index in [0.29, 0.717) is 5.71 Å². The second-order valence-electron chi connectivity index (χ2n) is 3.45. The van der Waals surface area contributed by atoms with Crippen LogP contribution >= 0.6 is 0 Å². The first-order chi connectivity index (χ1) is 7.84. The predicted molar refractivity (Wildman–Crippen MR) is 55.6 cm³/mol. The van der Waals surface area contributed by atoms with Crippen LogP contribution in [-0.2, 0) is 6.18 Å². The molecule has 0 amide bonds. The molecule has 0 aliphatic rings. The first-order valence-electron chi connectivity index (χ1n) is 4.64. The minimum atomic E-state index is -4.48. The number of oxime groups is 1. The van der Waals surface area contributed by atoms with E-state index in [4.69, 9.17) is 10.1 Å². The van der Waals surface area contributed by atoms with Crippen LogP contribution in [0.2, 0.25) is 0 Å². The standard InChI is InChI=1S/C11H9F3N2O/c1-7(2)16-17-10-4-3-9(11(12,13)14)5-8(10)6-15/h3-5H,1-2H3. The lowest BCUT2D eigenvalue weighted by Gasteiger charge is -2.08. The highest BCUT2D eigenvalue weighted by atomic mass is 19.4. The van der Waals surface area contributed by atoms with Crippen molar-refractivity contribution in [2.75, 3.05) is 0 Å². The summed E-state index contributed by atoms with van der Waals surface area (Å²) in [5.74, 6) is 0.00157. The predicted octanol–water partition coefficient (Wildman–Crippen LogP) is 3.35. The number of hydrogen-bond donors (Lipinski definition) is 0. The summed E-state index contributed by atoms with van der Waals surface area (Å²) in [6.07, 6.45) is -4.48. The van der Waals surface area contributed by atoms with E-state index >= 15 is 0 Å². The third kappa shape index (κ3) is 3.48. The Morgan fingerprint density at radius 1 is 1.35 bits per heavy atom. The van der Waals surface area contributed by atoms with Crippen LogP contribution in [0, 0.1) is 11.3 Å². The molecule has 0 atom stereocenters. The van der Waals surface area contributed by atoms with Crippen molar-refractivity contribution in [1.82, 2.24) is 0 Å². The molecule has 0 unspecified atom stereocenters. The Balaban J connectivity index is 3.12. The Bertz CT molecular complexity index is 482. The van der Waals surface area contributed by atoms with Crippen LogP contribution in [0.25, 0.3) is 0 Å². The van der Waals surface area contributed by atoms with E-state index < -0.39 is 11.7 Å². The highest BCUT2D eigenvalue weighted by molar-refractivity contribution is 5.78. The maximum absolute atomic E-state index is 12.4. The van der Waals surface area contributed by atoms with Gasteiger partial charge in [-0.1, -0.05) is 5.16 Å². The van der Waals surface area contributed by atoms with Gasteiger partial charge in [0.1, 0.15) is 6.07 Å². The number of rotatable bonds is 2. The molecule has 0 N–H and O–H groups in total. The molecule has 1 aromatic rings. The molecule has 0 aromatic heterocycles. The van der Waals surface area contributed by atoms with Gasteiger partial charge in [0, 0.05) is 0 Å². The van der Waals surface area contributed by atoms with E-state index in [0.717, 1.165) is 18.2 Å². The maximum atomic E-state index is 12.4. The molecule has 1 rings (SSSR count). The molecule has 0 aliphatic heterocycles. The molecule has 90 valence electrons. The molecule has 0 aliphatic carbocycles. The summed E-state index contributed by atoms with van der Waals surface area (Å²) < 4.78 is 37.1. The molecule has 0 heterocycles. The van der Waals surface area contributed by atoms with Crippen LogP contribution in [0.4, 0.5) is 13.2 Å². The van der Waals surface area contributed by atoms with E-state index in [-0.39, 0.29) is 11.3 Å². The summed E-state index contributed by atoms with van der Waals surface area (Å²) in [6, 6.07) is 4.29. The van der Waals surface area contributed by atoms with Crippen molar-refractivity contribution in [3.63, 3.8) is 0 Å². The van der Waals surface area contributed by atoms with Crippen molar-refractivity contribution in [3.8, 4) is 11.8 Å². The zero-order valence-corrected chi connectivity index (χ0v) is 9.17. The zero-order chi connectivity index (χ0) is 13.1. The minimum absolute atomic E-state index is 0.00157. The molecule has 3 nitrogen and oxygen atoms in total. The third-order valence-corrected chi connectivity index (χ3v) is 1.75. The molecule has 17 heavy (non-hydrogen) atoms. The van der Waals surface area contributed by atoms with Crippen molar-refractivity contribution in [2.24, 2.45) is 5.16 Å². The van der Waals surface area contributed by atoms with Gasteiger partial charge in [0.05, 0.1) is 16.8 Å². The number of nitriles is 1. The second kappa shape index (κ2) is 4.87. The van der Waals surface area contributed by atoms with Crippen molar-refractivity contribution in [2.45, 2.75) is 20.0 Å². The van der Waals surface area contributed by atoms with E-state index in [9.17, 15) is 13.2 Å². The smallest absolute Gasteiger partial charge is 0.356 e. The largest absolute Gasteiger partial charge is 0.416 e. The fourth-order valence-corrected chi connectivity index (χ4v) is 1.01. The van der Waals surface area contributed by atoms with Crippen LogP contribution in [0.3, 0.4) is 0 Å². The molecule has 0 saturated heterocycles. The molecule has 0 fully saturated rings. The summed E-state index contributed by atoms with van der Waals surface area (Å²) >= 11 is 0. The average molecular weight is 242 g/mol. The molecule has 6 heteroatoms. The topological polar surface area (TPSA) is 45.4 Å². The number of nitrogens with zero attached hydrogens (tertiary/aromatic N) is 2. The lowest BCUT2D eigenvalue weighted by molar-refractivity contribution is -0.137. The quantitative estimate of drug-likeness (QED) is 0.589. The van der Waals surface area contributed by atoms with Crippen LogP contribution < -0.4 is 4.84 Å². The second-order valence-corrected chi connectivity index (χ2v) is 3.45. The number of halogens is 3. The highest BCUT2D eigenvalue weighted by Crippen LogP contribution is 2.32. The lowest BCUT2D eigenvalue weighted by Crippen LogP contribution is -2.05. The fraction of sp³-hybridized carbons (Fsp3) is 0.273. The maximum Gasteiger partial charge on any atom is 0.416 e.